The Morgan fingerprint density at radius 3 is 3.00 bits per heavy atom. The highest BCUT2D eigenvalue weighted by Crippen LogP contribution is 2.17. The quantitative estimate of drug-likeness (QED) is 0.847. The van der Waals surface area contributed by atoms with Crippen molar-refractivity contribution in [2.75, 3.05) is 5.32 Å². The second kappa shape index (κ2) is 4.57. The van der Waals surface area contributed by atoms with Gasteiger partial charge in [0.15, 0.2) is 5.82 Å². The number of nitrogens with zero attached hydrogens (tertiary/aromatic N) is 5. The number of tetrazole rings is 1. The molecule has 17 heavy (non-hydrogen) atoms. The molecule has 0 aliphatic heterocycles. The van der Waals surface area contributed by atoms with Crippen LogP contribution in [0.25, 0.3) is 0 Å². The Balaban J connectivity index is 2.14. The monoisotopic (exact) mass is 232 g/mol. The van der Waals surface area contributed by atoms with Crippen molar-refractivity contribution in [3.05, 3.63) is 35.4 Å². The molecular formula is C10H9FN6. The number of halogens is 1. The molecule has 1 aromatic carbocycles. The van der Waals surface area contributed by atoms with E-state index in [2.05, 4.69) is 20.7 Å². The van der Waals surface area contributed by atoms with Crippen LogP contribution in [0, 0.1) is 17.1 Å². The predicted octanol–water partition coefficient (Wildman–Crippen LogP) is 0.833. The number of nitriles is 1. The lowest BCUT2D eigenvalue weighted by molar-refractivity contribution is 0.624. The molecule has 0 atom stereocenters. The van der Waals surface area contributed by atoms with Crippen molar-refractivity contribution in [2.45, 2.75) is 6.54 Å². The molecule has 0 radical (unpaired) electrons. The molecular weight excluding hydrogens is 223 g/mol. The molecule has 2 rings (SSSR count). The van der Waals surface area contributed by atoms with Gasteiger partial charge < -0.3 is 5.32 Å². The molecule has 2 aromatic rings. The summed E-state index contributed by atoms with van der Waals surface area (Å²) in [5.74, 6) is -0.0785. The van der Waals surface area contributed by atoms with Crippen LogP contribution in [0.2, 0.25) is 0 Å². The van der Waals surface area contributed by atoms with Crippen LogP contribution >= 0.6 is 0 Å². The second-order valence-corrected chi connectivity index (χ2v) is 3.32. The summed E-state index contributed by atoms with van der Waals surface area (Å²) >= 11 is 0. The van der Waals surface area contributed by atoms with Crippen molar-refractivity contribution in [1.29, 1.82) is 5.26 Å². The van der Waals surface area contributed by atoms with Gasteiger partial charge in [0.05, 0.1) is 19.3 Å². The maximum absolute atomic E-state index is 13.3. The van der Waals surface area contributed by atoms with Crippen molar-refractivity contribution < 1.29 is 4.39 Å². The normalized spacial score (nSPS) is 9.94. The number of aromatic nitrogens is 4. The van der Waals surface area contributed by atoms with E-state index < -0.39 is 5.82 Å². The van der Waals surface area contributed by atoms with Gasteiger partial charge in [-0.1, -0.05) is 6.07 Å². The Bertz CT molecular complexity index is 570. The van der Waals surface area contributed by atoms with Crippen molar-refractivity contribution in [3.63, 3.8) is 0 Å². The van der Waals surface area contributed by atoms with Crippen LogP contribution in [-0.2, 0) is 13.6 Å². The van der Waals surface area contributed by atoms with Crippen molar-refractivity contribution in [1.82, 2.24) is 20.2 Å². The van der Waals surface area contributed by atoms with E-state index in [-0.39, 0.29) is 12.1 Å². The standard InChI is InChI=1S/C10H9FN6/c1-17-15-10(14-16-17)6-13-9-4-2-3-8(11)7(9)5-12/h2-4,13H,6H2,1H3. The first-order valence-electron chi connectivity index (χ1n) is 4.86. The summed E-state index contributed by atoms with van der Waals surface area (Å²) in [5.41, 5.74) is 0.399. The van der Waals surface area contributed by atoms with Crippen LogP contribution in [0.3, 0.4) is 0 Å². The zero-order valence-corrected chi connectivity index (χ0v) is 9.05. The van der Waals surface area contributed by atoms with Crippen LogP contribution in [0.5, 0.6) is 0 Å². The molecule has 1 N–H and O–H groups in total. The van der Waals surface area contributed by atoms with E-state index in [0.717, 1.165) is 0 Å². The highest BCUT2D eigenvalue weighted by Gasteiger charge is 2.08. The topological polar surface area (TPSA) is 79.4 Å². The minimum absolute atomic E-state index is 0.0172. The van der Waals surface area contributed by atoms with Gasteiger partial charge in [-0.25, -0.2) is 4.39 Å². The van der Waals surface area contributed by atoms with E-state index >= 15 is 0 Å². The zero-order chi connectivity index (χ0) is 12.3. The number of hydrogen-bond acceptors (Lipinski definition) is 5. The lowest BCUT2D eigenvalue weighted by Gasteiger charge is -2.05. The average Bonchev–Trinajstić information content (AvgIpc) is 2.72. The first-order chi connectivity index (χ1) is 8.20. The van der Waals surface area contributed by atoms with Gasteiger partial charge in [0, 0.05) is 0 Å². The molecule has 0 aliphatic rings. The third-order valence-corrected chi connectivity index (χ3v) is 2.11. The Kier molecular flexibility index (Phi) is 2.96. The summed E-state index contributed by atoms with van der Waals surface area (Å²) in [6.45, 7) is 0.284. The highest BCUT2D eigenvalue weighted by molar-refractivity contribution is 5.57. The molecule has 6 nitrogen and oxygen atoms in total. The molecule has 0 saturated heterocycles. The maximum atomic E-state index is 13.3. The Hall–Kier alpha value is -2.49. The molecule has 1 heterocycles. The Morgan fingerprint density at radius 1 is 1.53 bits per heavy atom. The third-order valence-electron chi connectivity index (χ3n) is 2.11. The van der Waals surface area contributed by atoms with Gasteiger partial charge in [0.2, 0.25) is 0 Å². The molecule has 0 aliphatic carbocycles. The first-order valence-corrected chi connectivity index (χ1v) is 4.86. The van der Waals surface area contributed by atoms with Crippen molar-refractivity contribution in [2.24, 2.45) is 7.05 Å². The van der Waals surface area contributed by atoms with Gasteiger partial charge in [0.25, 0.3) is 0 Å². The summed E-state index contributed by atoms with van der Waals surface area (Å²) in [6.07, 6.45) is 0. The summed E-state index contributed by atoms with van der Waals surface area (Å²) in [4.78, 5) is 1.33. The van der Waals surface area contributed by atoms with Crippen LogP contribution in [0.1, 0.15) is 11.4 Å². The van der Waals surface area contributed by atoms with Gasteiger partial charge >= 0.3 is 0 Å². The summed E-state index contributed by atoms with van der Waals surface area (Å²) in [6, 6.07) is 6.20. The Morgan fingerprint density at radius 2 is 2.35 bits per heavy atom. The molecule has 0 saturated carbocycles. The summed E-state index contributed by atoms with van der Waals surface area (Å²) in [5, 5.41) is 23.1. The average molecular weight is 232 g/mol. The smallest absolute Gasteiger partial charge is 0.193 e. The fourth-order valence-corrected chi connectivity index (χ4v) is 1.35. The first kappa shape index (κ1) is 11.0. The zero-order valence-electron chi connectivity index (χ0n) is 9.05. The third kappa shape index (κ3) is 2.36. The lowest BCUT2D eigenvalue weighted by Crippen LogP contribution is -2.04. The van der Waals surface area contributed by atoms with Gasteiger partial charge in [-0.15, -0.1) is 10.2 Å². The molecule has 0 amide bonds. The summed E-state index contributed by atoms with van der Waals surface area (Å²) < 4.78 is 13.3. The van der Waals surface area contributed by atoms with E-state index in [1.165, 1.54) is 16.9 Å². The van der Waals surface area contributed by atoms with Crippen LogP contribution in [0.4, 0.5) is 10.1 Å². The number of aryl methyl sites for hydroxylation is 1. The van der Waals surface area contributed by atoms with E-state index in [1.54, 1.807) is 19.2 Å². The molecule has 0 spiro atoms. The van der Waals surface area contributed by atoms with E-state index in [0.29, 0.717) is 11.5 Å². The van der Waals surface area contributed by atoms with Gasteiger partial charge in [-0.2, -0.15) is 10.1 Å². The minimum Gasteiger partial charge on any atom is -0.376 e. The Labute approximate surface area is 96.7 Å². The van der Waals surface area contributed by atoms with Crippen molar-refractivity contribution >= 4 is 5.69 Å². The second-order valence-electron chi connectivity index (χ2n) is 3.32. The molecule has 7 heteroatoms. The van der Waals surface area contributed by atoms with Crippen LogP contribution < -0.4 is 5.32 Å². The number of rotatable bonds is 3. The molecule has 86 valence electrons. The van der Waals surface area contributed by atoms with Gasteiger partial charge in [0.1, 0.15) is 17.4 Å². The van der Waals surface area contributed by atoms with E-state index in [4.69, 9.17) is 5.26 Å². The van der Waals surface area contributed by atoms with Crippen LogP contribution in [-0.4, -0.2) is 20.2 Å². The fourth-order valence-electron chi connectivity index (χ4n) is 1.35. The molecule has 1 aromatic heterocycles. The number of benzene rings is 1. The minimum atomic E-state index is -0.551. The van der Waals surface area contributed by atoms with E-state index in [1.807, 2.05) is 0 Å². The molecule has 0 fully saturated rings. The maximum Gasteiger partial charge on any atom is 0.193 e. The van der Waals surface area contributed by atoms with Crippen LogP contribution in [0.15, 0.2) is 18.2 Å². The predicted molar refractivity (Wildman–Crippen MR) is 57.2 cm³/mol. The molecule has 0 bridgehead atoms. The summed E-state index contributed by atoms with van der Waals surface area (Å²) in [7, 11) is 1.65. The number of hydrogen-bond donors (Lipinski definition) is 1. The van der Waals surface area contributed by atoms with Gasteiger partial charge in [-0.05, 0) is 17.3 Å². The number of anilines is 1. The number of nitrogens with one attached hydrogen (secondary N) is 1. The van der Waals surface area contributed by atoms with E-state index in [9.17, 15) is 4.39 Å². The van der Waals surface area contributed by atoms with Gasteiger partial charge in [-0.3, -0.25) is 0 Å². The largest absolute Gasteiger partial charge is 0.376 e. The SMILES string of the molecule is Cn1nnc(CNc2cccc(F)c2C#N)n1. The highest BCUT2D eigenvalue weighted by atomic mass is 19.1. The molecule has 0 unspecified atom stereocenters. The fraction of sp³-hybridized carbons (Fsp3) is 0.200. The van der Waals surface area contributed by atoms with Crippen molar-refractivity contribution in [3.8, 4) is 6.07 Å². The lowest BCUT2D eigenvalue weighted by atomic mass is 10.2.